The number of rotatable bonds is 6. The van der Waals surface area contributed by atoms with Crippen LogP contribution in [0.15, 0.2) is 54.6 Å². The van der Waals surface area contributed by atoms with Gasteiger partial charge in [0.1, 0.15) is 11.3 Å². The van der Waals surface area contributed by atoms with Crippen molar-refractivity contribution in [3.8, 4) is 5.75 Å². The first-order valence-electron chi connectivity index (χ1n) is 7.57. The summed E-state index contributed by atoms with van der Waals surface area (Å²) in [5.41, 5.74) is 0.204. The van der Waals surface area contributed by atoms with Crippen molar-refractivity contribution in [2.75, 3.05) is 14.2 Å². The van der Waals surface area contributed by atoms with Crippen molar-refractivity contribution < 1.29 is 19.1 Å². The number of carbonyl (C=O) groups excluding carboxylic acids is 2. The molecule has 0 saturated heterocycles. The molecule has 0 heterocycles. The molecule has 0 radical (unpaired) electrons. The lowest BCUT2D eigenvalue weighted by Crippen LogP contribution is -2.54. The Labute approximate surface area is 141 Å². The molecule has 1 amide bonds. The molecule has 0 saturated carbocycles. The number of nitrogens with one attached hydrogen (secondary N) is 1. The second-order valence-corrected chi connectivity index (χ2v) is 5.67. The summed E-state index contributed by atoms with van der Waals surface area (Å²) in [6.45, 7) is 1.66. The van der Waals surface area contributed by atoms with Crippen molar-refractivity contribution in [1.29, 1.82) is 0 Å². The number of benzene rings is 2. The highest BCUT2D eigenvalue weighted by Crippen LogP contribution is 2.19. The first-order chi connectivity index (χ1) is 11.5. The van der Waals surface area contributed by atoms with Gasteiger partial charge in [0.05, 0.1) is 14.2 Å². The predicted molar refractivity (Wildman–Crippen MR) is 91.0 cm³/mol. The van der Waals surface area contributed by atoms with Gasteiger partial charge in [0, 0.05) is 12.0 Å². The Morgan fingerprint density at radius 2 is 1.62 bits per heavy atom. The monoisotopic (exact) mass is 327 g/mol. The average Bonchev–Trinajstić information content (AvgIpc) is 2.62. The van der Waals surface area contributed by atoms with Gasteiger partial charge >= 0.3 is 5.97 Å². The molecule has 1 N–H and O–H groups in total. The number of methoxy groups -OCH3 is 2. The molecule has 24 heavy (non-hydrogen) atoms. The first kappa shape index (κ1) is 17.5. The number of amides is 1. The van der Waals surface area contributed by atoms with Gasteiger partial charge in [-0.05, 0) is 36.8 Å². The van der Waals surface area contributed by atoms with Crippen LogP contribution in [0, 0.1) is 0 Å². The van der Waals surface area contributed by atoms with Crippen molar-refractivity contribution in [2.24, 2.45) is 0 Å². The third-order valence-corrected chi connectivity index (χ3v) is 3.78. The predicted octanol–water partition coefficient (Wildman–Crippen LogP) is 2.60. The minimum Gasteiger partial charge on any atom is -0.497 e. The number of hydrogen-bond acceptors (Lipinski definition) is 4. The summed E-state index contributed by atoms with van der Waals surface area (Å²) < 4.78 is 10.0. The van der Waals surface area contributed by atoms with Gasteiger partial charge in [-0.2, -0.15) is 0 Å². The molecule has 0 aliphatic carbocycles. The Kier molecular flexibility index (Phi) is 5.58. The van der Waals surface area contributed by atoms with Gasteiger partial charge in [-0.3, -0.25) is 4.79 Å². The second-order valence-electron chi connectivity index (χ2n) is 5.67. The fraction of sp³-hybridized carbons (Fsp3) is 0.263. The van der Waals surface area contributed by atoms with Crippen LogP contribution in [0.3, 0.4) is 0 Å². The van der Waals surface area contributed by atoms with Crippen LogP contribution in [-0.2, 0) is 16.0 Å². The van der Waals surface area contributed by atoms with E-state index in [-0.39, 0.29) is 5.91 Å². The molecular weight excluding hydrogens is 306 g/mol. The molecule has 2 aromatic rings. The fourth-order valence-electron chi connectivity index (χ4n) is 2.46. The van der Waals surface area contributed by atoms with Crippen molar-refractivity contribution in [1.82, 2.24) is 5.32 Å². The quantitative estimate of drug-likeness (QED) is 0.828. The van der Waals surface area contributed by atoms with Crippen molar-refractivity contribution in [2.45, 2.75) is 18.9 Å². The third-order valence-electron chi connectivity index (χ3n) is 3.78. The Hall–Kier alpha value is -2.82. The molecule has 5 heteroatoms. The van der Waals surface area contributed by atoms with Crippen LogP contribution in [0.5, 0.6) is 5.75 Å². The zero-order valence-corrected chi connectivity index (χ0v) is 14.0. The van der Waals surface area contributed by atoms with Crippen LogP contribution in [-0.4, -0.2) is 31.6 Å². The standard InChI is InChI=1S/C19H21NO4/c1-19(18(22)24-3,13-14-9-11-16(23-2)12-10-14)20-17(21)15-7-5-4-6-8-15/h4-12H,13H2,1-3H3,(H,20,21)/t19-/m1/s1. The largest absolute Gasteiger partial charge is 0.497 e. The van der Waals surface area contributed by atoms with Crippen LogP contribution >= 0.6 is 0 Å². The van der Waals surface area contributed by atoms with Crippen LogP contribution in [0.1, 0.15) is 22.8 Å². The van der Waals surface area contributed by atoms with E-state index in [1.165, 1.54) is 7.11 Å². The third kappa shape index (κ3) is 4.13. The maximum Gasteiger partial charge on any atom is 0.331 e. The van der Waals surface area contributed by atoms with E-state index in [1.807, 2.05) is 30.3 Å². The van der Waals surface area contributed by atoms with Crippen molar-refractivity contribution in [3.05, 3.63) is 65.7 Å². The Morgan fingerprint density at radius 3 is 2.17 bits per heavy atom. The molecule has 0 spiro atoms. The molecule has 2 aromatic carbocycles. The molecular formula is C19H21NO4. The van der Waals surface area contributed by atoms with Gasteiger partial charge in [0.15, 0.2) is 0 Å². The van der Waals surface area contributed by atoms with E-state index in [1.54, 1.807) is 38.3 Å². The first-order valence-corrected chi connectivity index (χ1v) is 7.57. The normalized spacial score (nSPS) is 12.8. The fourth-order valence-corrected chi connectivity index (χ4v) is 2.46. The van der Waals surface area contributed by atoms with E-state index >= 15 is 0 Å². The molecule has 0 fully saturated rings. The highest BCUT2D eigenvalue weighted by Gasteiger charge is 2.36. The summed E-state index contributed by atoms with van der Waals surface area (Å²) in [5.74, 6) is -0.0912. The zero-order chi connectivity index (χ0) is 17.6. The van der Waals surface area contributed by atoms with Gasteiger partial charge in [0.25, 0.3) is 5.91 Å². The van der Waals surface area contributed by atoms with E-state index in [0.29, 0.717) is 12.0 Å². The number of esters is 1. The average molecular weight is 327 g/mol. The molecule has 5 nitrogen and oxygen atoms in total. The number of hydrogen-bond donors (Lipinski definition) is 1. The molecule has 1 atom stereocenters. The van der Waals surface area contributed by atoms with Gasteiger partial charge < -0.3 is 14.8 Å². The number of carbonyl (C=O) groups is 2. The van der Waals surface area contributed by atoms with Crippen molar-refractivity contribution >= 4 is 11.9 Å². The lowest BCUT2D eigenvalue weighted by molar-refractivity contribution is -0.147. The molecule has 0 bridgehead atoms. The summed E-state index contributed by atoms with van der Waals surface area (Å²) in [6, 6.07) is 16.1. The Morgan fingerprint density at radius 1 is 1.00 bits per heavy atom. The summed E-state index contributed by atoms with van der Waals surface area (Å²) >= 11 is 0. The van der Waals surface area contributed by atoms with Crippen LogP contribution in [0.2, 0.25) is 0 Å². The summed E-state index contributed by atoms with van der Waals surface area (Å²) in [6.07, 6.45) is 0.308. The molecule has 126 valence electrons. The molecule has 0 aromatic heterocycles. The SMILES string of the molecule is COC(=O)[C@@](C)(Cc1ccc(OC)cc1)NC(=O)c1ccccc1. The summed E-state index contributed by atoms with van der Waals surface area (Å²) in [5, 5.41) is 2.79. The maximum atomic E-state index is 12.4. The van der Waals surface area contributed by atoms with Gasteiger partial charge in [-0.1, -0.05) is 30.3 Å². The maximum absolute atomic E-state index is 12.4. The lowest BCUT2D eigenvalue weighted by atomic mass is 9.92. The molecule has 0 unspecified atom stereocenters. The highest BCUT2D eigenvalue weighted by atomic mass is 16.5. The smallest absolute Gasteiger partial charge is 0.331 e. The molecule has 2 rings (SSSR count). The lowest BCUT2D eigenvalue weighted by Gasteiger charge is -2.28. The van der Waals surface area contributed by atoms with E-state index in [0.717, 1.165) is 11.3 Å². The van der Waals surface area contributed by atoms with Gasteiger partial charge in [0.2, 0.25) is 0 Å². The topological polar surface area (TPSA) is 64.6 Å². The van der Waals surface area contributed by atoms with Crippen LogP contribution in [0.25, 0.3) is 0 Å². The Balaban J connectivity index is 2.22. The minimum absolute atomic E-state index is 0.308. The van der Waals surface area contributed by atoms with Crippen LogP contribution < -0.4 is 10.1 Å². The number of ether oxygens (including phenoxy) is 2. The van der Waals surface area contributed by atoms with E-state index in [9.17, 15) is 9.59 Å². The van der Waals surface area contributed by atoms with E-state index in [4.69, 9.17) is 9.47 Å². The molecule has 0 aliphatic rings. The van der Waals surface area contributed by atoms with Gasteiger partial charge in [-0.15, -0.1) is 0 Å². The van der Waals surface area contributed by atoms with E-state index in [2.05, 4.69) is 5.32 Å². The highest BCUT2D eigenvalue weighted by molar-refractivity contribution is 5.98. The van der Waals surface area contributed by atoms with Gasteiger partial charge in [-0.25, -0.2) is 4.79 Å². The Bertz CT molecular complexity index is 697. The summed E-state index contributed by atoms with van der Waals surface area (Å²) in [4.78, 5) is 24.7. The second kappa shape index (κ2) is 7.64. The van der Waals surface area contributed by atoms with E-state index < -0.39 is 11.5 Å². The molecule has 0 aliphatic heterocycles. The zero-order valence-electron chi connectivity index (χ0n) is 14.0. The van der Waals surface area contributed by atoms with Crippen LogP contribution in [0.4, 0.5) is 0 Å². The minimum atomic E-state index is -1.17. The summed E-state index contributed by atoms with van der Waals surface area (Å²) in [7, 11) is 2.90. The van der Waals surface area contributed by atoms with Crippen molar-refractivity contribution in [3.63, 3.8) is 0 Å².